The van der Waals surface area contributed by atoms with Crippen LogP contribution in [0, 0.1) is 6.92 Å². The van der Waals surface area contributed by atoms with Crippen LogP contribution in [0.25, 0.3) is 10.9 Å². The summed E-state index contributed by atoms with van der Waals surface area (Å²) in [4.78, 5) is 11.9. The number of morpholine rings is 1. The van der Waals surface area contributed by atoms with Crippen molar-refractivity contribution >= 4 is 28.1 Å². The second kappa shape index (κ2) is 9.10. The zero-order valence-electron chi connectivity index (χ0n) is 21.0. The Labute approximate surface area is 209 Å². The van der Waals surface area contributed by atoms with Crippen molar-refractivity contribution in [3.63, 3.8) is 0 Å². The van der Waals surface area contributed by atoms with Gasteiger partial charge in [0, 0.05) is 29.9 Å². The highest BCUT2D eigenvalue weighted by Crippen LogP contribution is 2.40. The van der Waals surface area contributed by atoms with Gasteiger partial charge in [-0.2, -0.15) is 13.2 Å². The highest BCUT2D eigenvalue weighted by atomic mass is 19.4. The second-order valence-electron chi connectivity index (χ2n) is 10.1. The smallest absolute Gasteiger partial charge is 0.399 e. The number of anilines is 3. The van der Waals surface area contributed by atoms with E-state index >= 15 is 0 Å². The van der Waals surface area contributed by atoms with Gasteiger partial charge in [-0.3, -0.25) is 0 Å². The number of nitrogen functional groups attached to an aromatic ring is 1. The van der Waals surface area contributed by atoms with Gasteiger partial charge in [0.05, 0.1) is 29.3 Å². The van der Waals surface area contributed by atoms with Crippen LogP contribution in [0.15, 0.2) is 24.3 Å². The van der Waals surface area contributed by atoms with Crippen LogP contribution in [-0.4, -0.2) is 35.3 Å². The Morgan fingerprint density at radius 3 is 2.44 bits per heavy atom. The summed E-state index contributed by atoms with van der Waals surface area (Å²) in [5, 5.41) is 4.25. The number of benzene rings is 2. The quantitative estimate of drug-likeness (QED) is 0.441. The molecule has 0 amide bonds. The molecule has 0 spiro atoms. The number of nitrogens with one attached hydrogen (secondary N) is 1. The lowest BCUT2D eigenvalue weighted by atomic mass is 10.0. The minimum atomic E-state index is -4.47. The van der Waals surface area contributed by atoms with E-state index in [0.717, 1.165) is 55.4 Å². The Bertz CT molecular complexity index is 1300. The predicted molar refractivity (Wildman–Crippen MR) is 136 cm³/mol. The lowest BCUT2D eigenvalue weighted by molar-refractivity contribution is -0.137. The molecule has 0 saturated carbocycles. The van der Waals surface area contributed by atoms with Gasteiger partial charge in [0.1, 0.15) is 11.6 Å². The van der Waals surface area contributed by atoms with Gasteiger partial charge in [-0.25, -0.2) is 9.97 Å². The molecule has 3 atom stereocenters. The third-order valence-corrected chi connectivity index (χ3v) is 7.07. The molecule has 6 nitrogen and oxygen atoms in total. The van der Waals surface area contributed by atoms with Crippen molar-refractivity contribution in [1.29, 1.82) is 0 Å². The Morgan fingerprint density at radius 1 is 1.06 bits per heavy atom. The molecule has 3 N–H and O–H groups in total. The first kappa shape index (κ1) is 24.6. The second-order valence-corrected chi connectivity index (χ2v) is 10.1. The summed E-state index contributed by atoms with van der Waals surface area (Å²) in [5.41, 5.74) is 10.3. The number of aromatic nitrogens is 2. The number of nitrogens with two attached hydrogens (primary N) is 1. The van der Waals surface area contributed by atoms with Crippen LogP contribution in [0.4, 0.5) is 30.4 Å². The van der Waals surface area contributed by atoms with Crippen molar-refractivity contribution in [2.45, 2.75) is 71.4 Å². The Morgan fingerprint density at radius 2 is 1.75 bits per heavy atom. The van der Waals surface area contributed by atoms with Gasteiger partial charge in [-0.15, -0.1) is 0 Å². The van der Waals surface area contributed by atoms with Crippen molar-refractivity contribution in [2.24, 2.45) is 0 Å². The molecule has 1 fully saturated rings. The van der Waals surface area contributed by atoms with Crippen LogP contribution in [0.3, 0.4) is 0 Å². The first-order valence-corrected chi connectivity index (χ1v) is 12.5. The third kappa shape index (κ3) is 4.68. The zero-order valence-corrected chi connectivity index (χ0v) is 21.0. The van der Waals surface area contributed by atoms with Crippen molar-refractivity contribution in [3.05, 3.63) is 52.3 Å². The molecule has 5 rings (SSSR count). The molecule has 1 saturated heterocycles. The molecule has 9 heteroatoms. The van der Waals surface area contributed by atoms with Crippen molar-refractivity contribution < 1.29 is 17.9 Å². The van der Waals surface area contributed by atoms with Gasteiger partial charge in [-0.1, -0.05) is 0 Å². The van der Waals surface area contributed by atoms with Crippen LogP contribution in [0.5, 0.6) is 0 Å². The van der Waals surface area contributed by atoms with Crippen molar-refractivity contribution in [2.75, 3.05) is 29.0 Å². The Balaban J connectivity index is 1.59. The Hall–Kier alpha value is -3.07. The average Bonchev–Trinajstić information content (AvgIpc) is 3.27. The summed E-state index contributed by atoms with van der Waals surface area (Å²) >= 11 is 0. The van der Waals surface area contributed by atoms with E-state index in [9.17, 15) is 13.2 Å². The largest absolute Gasteiger partial charge is 0.416 e. The van der Waals surface area contributed by atoms with Gasteiger partial charge >= 0.3 is 6.18 Å². The minimum Gasteiger partial charge on any atom is -0.399 e. The number of fused-ring (bicyclic) bond motifs is 3. The molecule has 36 heavy (non-hydrogen) atoms. The molecular weight excluding hydrogens is 467 g/mol. The summed E-state index contributed by atoms with van der Waals surface area (Å²) in [7, 11) is 0. The highest BCUT2D eigenvalue weighted by molar-refractivity contribution is 5.96. The number of rotatable bonds is 4. The molecule has 1 aliphatic carbocycles. The predicted octanol–water partition coefficient (Wildman–Crippen LogP) is 5.81. The van der Waals surface area contributed by atoms with Gasteiger partial charge in [0.15, 0.2) is 0 Å². The van der Waals surface area contributed by atoms with Crippen LogP contribution >= 0.6 is 0 Å². The molecule has 0 bridgehead atoms. The van der Waals surface area contributed by atoms with E-state index in [4.69, 9.17) is 15.5 Å². The van der Waals surface area contributed by atoms with E-state index in [0.29, 0.717) is 17.2 Å². The summed E-state index contributed by atoms with van der Waals surface area (Å²) in [6, 6.07) is 5.37. The van der Waals surface area contributed by atoms with Crippen LogP contribution in [-0.2, 0) is 23.8 Å². The third-order valence-electron chi connectivity index (χ3n) is 7.07. The SMILES string of the molecule is Cc1nc(NC(C)c2cc(N)cc(C(F)(F)F)c2)c2cc(N3C[C@@H](C)O[C@@H](C)C3)c3c(c2n1)CCC3. The lowest BCUT2D eigenvalue weighted by Crippen LogP contribution is -2.45. The summed E-state index contributed by atoms with van der Waals surface area (Å²) in [6.07, 6.45) is -1.19. The van der Waals surface area contributed by atoms with E-state index in [1.54, 1.807) is 6.07 Å². The van der Waals surface area contributed by atoms with Crippen LogP contribution < -0.4 is 16.0 Å². The molecule has 2 aliphatic rings. The Kier molecular flexibility index (Phi) is 6.22. The summed E-state index contributed by atoms with van der Waals surface area (Å²) in [6.45, 7) is 9.45. The van der Waals surface area contributed by atoms with Gasteiger partial charge in [-0.05, 0) is 87.9 Å². The molecule has 1 unspecified atom stereocenters. The van der Waals surface area contributed by atoms with Crippen molar-refractivity contribution in [3.8, 4) is 0 Å². The number of alkyl halides is 3. The van der Waals surface area contributed by atoms with Crippen LogP contribution in [0.2, 0.25) is 0 Å². The van der Waals surface area contributed by atoms with E-state index < -0.39 is 17.8 Å². The summed E-state index contributed by atoms with van der Waals surface area (Å²) < 4.78 is 46.1. The monoisotopic (exact) mass is 499 g/mol. The first-order chi connectivity index (χ1) is 17.0. The van der Waals surface area contributed by atoms with Gasteiger partial charge in [0.25, 0.3) is 0 Å². The number of halogens is 3. The lowest BCUT2D eigenvalue weighted by Gasteiger charge is -2.38. The van der Waals surface area contributed by atoms with E-state index in [2.05, 4.69) is 35.1 Å². The van der Waals surface area contributed by atoms with Crippen molar-refractivity contribution in [1.82, 2.24) is 9.97 Å². The fourth-order valence-corrected chi connectivity index (χ4v) is 5.60. The van der Waals surface area contributed by atoms with Gasteiger partial charge in [0.2, 0.25) is 0 Å². The minimum absolute atomic E-state index is 0.0767. The molecule has 1 aliphatic heterocycles. The maximum absolute atomic E-state index is 13.4. The van der Waals surface area contributed by atoms with E-state index in [1.807, 2.05) is 13.8 Å². The maximum Gasteiger partial charge on any atom is 0.416 e. The molecule has 192 valence electrons. The molecule has 2 aromatic carbocycles. The topological polar surface area (TPSA) is 76.3 Å². The average molecular weight is 500 g/mol. The normalized spacial score (nSPS) is 21.0. The molecule has 1 aromatic heterocycles. The fraction of sp³-hybridized carbons (Fsp3) is 0.481. The first-order valence-electron chi connectivity index (χ1n) is 12.5. The number of nitrogens with zero attached hydrogens (tertiary/aromatic N) is 3. The highest BCUT2D eigenvalue weighted by Gasteiger charge is 2.32. The maximum atomic E-state index is 13.4. The number of aryl methyl sites for hydroxylation is 2. The number of hydrogen-bond donors (Lipinski definition) is 2. The van der Waals surface area contributed by atoms with E-state index in [1.165, 1.54) is 16.8 Å². The molecule has 2 heterocycles. The number of hydrogen-bond acceptors (Lipinski definition) is 6. The molecular formula is C27H32F3N5O. The van der Waals surface area contributed by atoms with E-state index in [-0.39, 0.29) is 17.9 Å². The van der Waals surface area contributed by atoms with Gasteiger partial charge < -0.3 is 20.7 Å². The van der Waals surface area contributed by atoms with Crippen LogP contribution in [0.1, 0.15) is 61.3 Å². The molecule has 3 aromatic rings. The number of ether oxygens (including phenoxy) is 1. The molecule has 0 radical (unpaired) electrons. The standard InChI is InChI=1S/C27H32F3N5O/c1-14-12-35(13-15(2)36-14)24-11-23-25(22-7-5-6-21(22)24)33-17(4)34-26(23)32-16(3)18-8-19(27(28,29)30)10-20(31)9-18/h8-11,14-16H,5-7,12-13,31H2,1-4H3,(H,32,33,34)/t14-,15+,16?. The summed E-state index contributed by atoms with van der Waals surface area (Å²) in [5.74, 6) is 1.24. The fourth-order valence-electron chi connectivity index (χ4n) is 5.60. The zero-order chi connectivity index (χ0) is 25.8.